The second-order valence-corrected chi connectivity index (χ2v) is 3.79. The monoisotopic (exact) mass is 231 g/mol. The maximum Gasteiger partial charge on any atom is 0.258 e. The highest BCUT2D eigenvalue weighted by molar-refractivity contribution is 7.80. The van der Waals surface area contributed by atoms with Gasteiger partial charge in [-0.15, -0.1) is 0 Å². The number of hydrogen-bond donors (Lipinski definition) is 1. The van der Waals surface area contributed by atoms with Gasteiger partial charge in [-0.25, -0.2) is 0 Å². The van der Waals surface area contributed by atoms with Gasteiger partial charge in [0.1, 0.15) is 4.99 Å². The molecule has 0 aliphatic carbocycles. The van der Waals surface area contributed by atoms with E-state index in [1.165, 1.54) is 0 Å². The minimum Gasteiger partial charge on any atom is -0.312 e. The Labute approximate surface area is 89.8 Å². The average Bonchev–Trinajstić information content (AvgIpc) is 2.36. The van der Waals surface area contributed by atoms with Crippen LogP contribution >= 0.6 is 35.4 Å². The topological polar surface area (TPSA) is 29.1 Å². The average molecular weight is 232 g/mol. The highest BCUT2D eigenvalue weighted by Gasteiger charge is 2.28. The molecule has 2 nitrogen and oxygen atoms in total. The Morgan fingerprint density at radius 1 is 1.15 bits per heavy atom. The van der Waals surface area contributed by atoms with Crippen LogP contribution in [0.1, 0.15) is 15.9 Å². The Hall–Kier alpha value is -0.640. The SMILES string of the molecule is O=C1NC(=S)c2c(Cl)ccc(Cl)c21. The Balaban J connectivity index is 2.81. The van der Waals surface area contributed by atoms with Gasteiger partial charge in [-0.1, -0.05) is 35.4 Å². The van der Waals surface area contributed by atoms with Gasteiger partial charge in [-0.2, -0.15) is 0 Å². The van der Waals surface area contributed by atoms with Crippen LogP contribution in [0.25, 0.3) is 0 Å². The van der Waals surface area contributed by atoms with E-state index in [9.17, 15) is 4.79 Å². The van der Waals surface area contributed by atoms with Gasteiger partial charge in [0.05, 0.1) is 15.6 Å². The van der Waals surface area contributed by atoms with Crippen molar-refractivity contribution in [1.82, 2.24) is 5.32 Å². The summed E-state index contributed by atoms with van der Waals surface area (Å²) in [7, 11) is 0. The van der Waals surface area contributed by atoms with E-state index in [1.807, 2.05) is 0 Å². The predicted molar refractivity (Wildman–Crippen MR) is 55.6 cm³/mol. The molecule has 1 aromatic carbocycles. The van der Waals surface area contributed by atoms with E-state index in [0.717, 1.165) is 0 Å². The molecular weight excluding hydrogens is 229 g/mol. The minimum absolute atomic E-state index is 0.285. The summed E-state index contributed by atoms with van der Waals surface area (Å²) in [5.41, 5.74) is 0.910. The number of amides is 1. The molecule has 2 rings (SSSR count). The second kappa shape index (κ2) is 2.94. The maximum atomic E-state index is 11.3. The zero-order chi connectivity index (χ0) is 9.59. The maximum absolute atomic E-state index is 11.3. The first kappa shape index (κ1) is 8.94. The van der Waals surface area contributed by atoms with Crippen molar-refractivity contribution in [2.24, 2.45) is 0 Å². The smallest absolute Gasteiger partial charge is 0.258 e. The van der Waals surface area contributed by atoms with Gasteiger partial charge in [0.2, 0.25) is 0 Å². The van der Waals surface area contributed by atoms with E-state index < -0.39 is 0 Å². The second-order valence-electron chi connectivity index (χ2n) is 2.56. The number of thiocarbonyl (C=S) groups is 1. The third kappa shape index (κ3) is 1.24. The lowest BCUT2D eigenvalue weighted by molar-refractivity contribution is 0.0984. The Kier molecular flexibility index (Phi) is 2.02. The number of rotatable bonds is 0. The third-order valence-corrected chi connectivity index (χ3v) is 2.72. The number of hydrogen-bond acceptors (Lipinski definition) is 2. The van der Waals surface area contributed by atoms with Gasteiger partial charge in [0, 0.05) is 5.56 Å². The van der Waals surface area contributed by atoms with Crippen LogP contribution in [-0.2, 0) is 0 Å². The molecule has 1 heterocycles. The fourth-order valence-electron chi connectivity index (χ4n) is 1.22. The molecule has 0 unspecified atom stereocenters. The summed E-state index contributed by atoms with van der Waals surface area (Å²) in [6.45, 7) is 0. The zero-order valence-corrected chi connectivity index (χ0v) is 8.56. The predicted octanol–water partition coefficient (Wildman–Crippen LogP) is 2.41. The van der Waals surface area contributed by atoms with Gasteiger partial charge in [-0.05, 0) is 12.1 Å². The number of nitrogens with one attached hydrogen (secondary N) is 1. The summed E-state index contributed by atoms with van der Waals surface area (Å²) in [6.07, 6.45) is 0. The van der Waals surface area contributed by atoms with E-state index in [2.05, 4.69) is 5.32 Å². The van der Waals surface area contributed by atoms with Gasteiger partial charge < -0.3 is 5.32 Å². The minimum atomic E-state index is -0.285. The number of carbonyl (C=O) groups excluding carboxylic acids is 1. The largest absolute Gasteiger partial charge is 0.312 e. The molecule has 1 aliphatic rings. The molecule has 0 saturated heterocycles. The van der Waals surface area contributed by atoms with Crippen molar-refractivity contribution in [2.75, 3.05) is 0 Å². The van der Waals surface area contributed by atoms with Crippen molar-refractivity contribution in [2.45, 2.75) is 0 Å². The fourth-order valence-corrected chi connectivity index (χ4v) is 2.08. The number of benzene rings is 1. The summed E-state index contributed by atoms with van der Waals surface area (Å²) in [4.78, 5) is 11.6. The van der Waals surface area contributed by atoms with E-state index in [0.29, 0.717) is 26.2 Å². The molecule has 0 fully saturated rings. The number of carbonyl (C=O) groups is 1. The summed E-state index contributed by atoms with van der Waals surface area (Å²) in [6, 6.07) is 3.20. The molecular formula is C8H3Cl2NOS. The standard InChI is InChI=1S/C8H3Cl2NOS/c9-3-1-2-4(10)6-5(3)7(12)11-8(6)13/h1-2H,(H,11,12,13). The summed E-state index contributed by atoms with van der Waals surface area (Å²) in [5, 5.41) is 3.31. The number of fused-ring (bicyclic) bond motifs is 1. The number of halogens is 2. The van der Waals surface area contributed by atoms with Crippen molar-refractivity contribution in [1.29, 1.82) is 0 Å². The summed E-state index contributed by atoms with van der Waals surface area (Å²) in [5.74, 6) is -0.285. The third-order valence-electron chi connectivity index (χ3n) is 1.78. The van der Waals surface area contributed by atoms with Crippen LogP contribution in [0.2, 0.25) is 10.0 Å². The quantitative estimate of drug-likeness (QED) is 0.696. The van der Waals surface area contributed by atoms with Gasteiger partial charge in [0.15, 0.2) is 0 Å². The highest BCUT2D eigenvalue weighted by atomic mass is 35.5. The lowest BCUT2D eigenvalue weighted by atomic mass is 10.1. The molecule has 0 spiro atoms. The van der Waals surface area contributed by atoms with Crippen LogP contribution in [0.5, 0.6) is 0 Å². The zero-order valence-electron chi connectivity index (χ0n) is 6.23. The van der Waals surface area contributed by atoms with Gasteiger partial charge in [0.25, 0.3) is 5.91 Å². The summed E-state index contributed by atoms with van der Waals surface area (Å²) >= 11 is 16.6. The molecule has 1 aromatic rings. The van der Waals surface area contributed by atoms with Crippen LogP contribution in [0.4, 0.5) is 0 Å². The molecule has 0 bridgehead atoms. The molecule has 13 heavy (non-hydrogen) atoms. The fraction of sp³-hybridized carbons (Fsp3) is 0. The molecule has 1 N–H and O–H groups in total. The van der Waals surface area contributed by atoms with Gasteiger partial charge in [-0.3, -0.25) is 4.79 Å². The normalized spacial score (nSPS) is 14.3. The van der Waals surface area contributed by atoms with E-state index in [-0.39, 0.29) is 5.91 Å². The highest BCUT2D eigenvalue weighted by Crippen LogP contribution is 2.30. The first-order chi connectivity index (χ1) is 6.11. The molecule has 0 atom stereocenters. The molecule has 0 radical (unpaired) electrons. The van der Waals surface area contributed by atoms with E-state index in [1.54, 1.807) is 12.1 Å². The Morgan fingerprint density at radius 2 is 1.69 bits per heavy atom. The first-order valence-electron chi connectivity index (χ1n) is 3.45. The van der Waals surface area contributed by atoms with Crippen molar-refractivity contribution < 1.29 is 4.79 Å². The lowest BCUT2D eigenvalue weighted by Crippen LogP contribution is -2.19. The van der Waals surface area contributed by atoms with Gasteiger partial charge >= 0.3 is 0 Å². The van der Waals surface area contributed by atoms with Crippen molar-refractivity contribution in [3.63, 3.8) is 0 Å². The molecule has 1 aliphatic heterocycles. The lowest BCUT2D eigenvalue weighted by Gasteiger charge is -2.00. The first-order valence-corrected chi connectivity index (χ1v) is 4.61. The van der Waals surface area contributed by atoms with Crippen LogP contribution in [0.15, 0.2) is 12.1 Å². The molecule has 5 heteroatoms. The van der Waals surface area contributed by atoms with Crippen LogP contribution < -0.4 is 5.32 Å². The van der Waals surface area contributed by atoms with Crippen molar-refractivity contribution >= 4 is 46.3 Å². The van der Waals surface area contributed by atoms with Crippen molar-refractivity contribution in [3.8, 4) is 0 Å². The van der Waals surface area contributed by atoms with Crippen molar-refractivity contribution in [3.05, 3.63) is 33.3 Å². The van der Waals surface area contributed by atoms with Crippen LogP contribution in [0, 0.1) is 0 Å². The summed E-state index contributed by atoms with van der Waals surface area (Å²) < 4.78 is 0. The molecule has 0 aromatic heterocycles. The Morgan fingerprint density at radius 3 is 2.23 bits per heavy atom. The Bertz CT molecular complexity index is 391. The molecule has 66 valence electrons. The van der Waals surface area contributed by atoms with E-state index in [4.69, 9.17) is 35.4 Å². The van der Waals surface area contributed by atoms with E-state index >= 15 is 0 Å². The van der Waals surface area contributed by atoms with Crippen LogP contribution in [-0.4, -0.2) is 10.9 Å². The molecule has 0 saturated carbocycles. The van der Waals surface area contributed by atoms with Crippen LogP contribution in [0.3, 0.4) is 0 Å². The molecule has 1 amide bonds.